The van der Waals surface area contributed by atoms with Crippen molar-refractivity contribution >= 4 is 0 Å². The third-order valence-electron chi connectivity index (χ3n) is 3.71. The third-order valence-corrected chi connectivity index (χ3v) is 3.71. The molecule has 4 heteroatoms. The molecule has 1 heterocycles. The van der Waals surface area contributed by atoms with E-state index >= 15 is 0 Å². The van der Waals surface area contributed by atoms with Gasteiger partial charge in [-0.1, -0.05) is 12.1 Å². The molecule has 0 amide bonds. The van der Waals surface area contributed by atoms with Crippen molar-refractivity contribution in [3.8, 4) is 5.75 Å². The lowest BCUT2D eigenvalue weighted by Gasteiger charge is -2.28. The van der Waals surface area contributed by atoms with Gasteiger partial charge in [-0.25, -0.2) is 4.39 Å². The molecule has 0 aromatic heterocycles. The molecule has 3 nitrogen and oxygen atoms in total. The van der Waals surface area contributed by atoms with Gasteiger partial charge in [0.2, 0.25) is 0 Å². The fourth-order valence-electron chi connectivity index (χ4n) is 2.88. The number of hydrogen-bond donors (Lipinski definition) is 1. The molecule has 1 atom stereocenters. The molecular formula is C16H24FNO2. The zero-order valence-corrected chi connectivity index (χ0v) is 12.7. The number of benzene rings is 1. The van der Waals surface area contributed by atoms with Crippen LogP contribution in [-0.2, 0) is 11.2 Å². The molecule has 0 aliphatic carbocycles. The summed E-state index contributed by atoms with van der Waals surface area (Å²) in [5, 5.41) is 0. The predicted molar refractivity (Wildman–Crippen MR) is 77.4 cm³/mol. The molecule has 1 aromatic rings. The van der Waals surface area contributed by atoms with Crippen molar-refractivity contribution in [2.24, 2.45) is 5.73 Å². The van der Waals surface area contributed by atoms with E-state index in [-0.39, 0.29) is 17.5 Å². The van der Waals surface area contributed by atoms with E-state index in [0.29, 0.717) is 18.7 Å². The lowest BCUT2D eigenvalue weighted by Crippen LogP contribution is -2.37. The monoisotopic (exact) mass is 281 g/mol. The average molecular weight is 281 g/mol. The average Bonchev–Trinajstić information content (AvgIpc) is 2.51. The SMILES string of the molecule is CC1(C)CC(Oc2c(F)cccc2CCN)C(C)(C)O1. The van der Waals surface area contributed by atoms with Gasteiger partial charge in [-0.2, -0.15) is 0 Å². The molecule has 2 rings (SSSR count). The van der Waals surface area contributed by atoms with Gasteiger partial charge in [0.05, 0.1) is 5.60 Å². The summed E-state index contributed by atoms with van der Waals surface area (Å²) in [5.41, 5.74) is 5.70. The zero-order chi connectivity index (χ0) is 15.0. The molecule has 0 radical (unpaired) electrons. The van der Waals surface area contributed by atoms with Crippen molar-refractivity contribution in [1.82, 2.24) is 0 Å². The summed E-state index contributed by atoms with van der Waals surface area (Å²) in [4.78, 5) is 0. The topological polar surface area (TPSA) is 44.5 Å². The van der Waals surface area contributed by atoms with E-state index < -0.39 is 5.60 Å². The molecule has 0 saturated carbocycles. The molecule has 0 bridgehead atoms. The maximum atomic E-state index is 14.1. The highest BCUT2D eigenvalue weighted by Gasteiger charge is 2.47. The number of rotatable bonds is 4. The summed E-state index contributed by atoms with van der Waals surface area (Å²) in [5.74, 6) is -0.0196. The lowest BCUT2D eigenvalue weighted by atomic mass is 9.97. The van der Waals surface area contributed by atoms with Crippen molar-refractivity contribution in [2.75, 3.05) is 6.54 Å². The number of para-hydroxylation sites is 1. The van der Waals surface area contributed by atoms with Crippen LogP contribution in [0.1, 0.15) is 39.7 Å². The van der Waals surface area contributed by atoms with Crippen LogP contribution in [0.2, 0.25) is 0 Å². The van der Waals surface area contributed by atoms with Crippen LogP contribution in [0.4, 0.5) is 4.39 Å². The van der Waals surface area contributed by atoms with Crippen LogP contribution in [0, 0.1) is 5.82 Å². The van der Waals surface area contributed by atoms with Gasteiger partial charge >= 0.3 is 0 Å². The number of ether oxygens (including phenoxy) is 2. The first-order valence-electron chi connectivity index (χ1n) is 7.09. The number of halogens is 1. The lowest BCUT2D eigenvalue weighted by molar-refractivity contribution is -0.0849. The highest BCUT2D eigenvalue weighted by Crippen LogP contribution is 2.40. The minimum absolute atomic E-state index is 0.175. The summed E-state index contributed by atoms with van der Waals surface area (Å²) in [6, 6.07) is 4.97. The molecule has 1 aliphatic rings. The number of hydrogen-bond acceptors (Lipinski definition) is 3. The molecule has 0 spiro atoms. The maximum Gasteiger partial charge on any atom is 0.165 e. The largest absolute Gasteiger partial charge is 0.484 e. The Morgan fingerprint density at radius 1 is 1.35 bits per heavy atom. The van der Waals surface area contributed by atoms with Crippen LogP contribution in [0.3, 0.4) is 0 Å². The highest BCUT2D eigenvalue weighted by atomic mass is 19.1. The molecule has 1 fully saturated rings. The van der Waals surface area contributed by atoms with Gasteiger partial charge in [0.15, 0.2) is 11.6 Å². The van der Waals surface area contributed by atoms with Gasteiger partial charge in [0.25, 0.3) is 0 Å². The first-order valence-corrected chi connectivity index (χ1v) is 7.09. The molecule has 1 unspecified atom stereocenters. The first kappa shape index (κ1) is 15.3. The van der Waals surface area contributed by atoms with Crippen molar-refractivity contribution in [3.63, 3.8) is 0 Å². The van der Waals surface area contributed by atoms with Crippen LogP contribution in [-0.4, -0.2) is 23.9 Å². The molecule has 20 heavy (non-hydrogen) atoms. The second kappa shape index (κ2) is 5.34. The van der Waals surface area contributed by atoms with Crippen LogP contribution in [0.5, 0.6) is 5.75 Å². The van der Waals surface area contributed by atoms with Gasteiger partial charge < -0.3 is 15.2 Å². The minimum atomic E-state index is -0.439. The van der Waals surface area contributed by atoms with E-state index in [0.717, 1.165) is 12.0 Å². The second-order valence-corrected chi connectivity index (χ2v) is 6.54. The Bertz CT molecular complexity index is 485. The quantitative estimate of drug-likeness (QED) is 0.922. The molecular weight excluding hydrogens is 257 g/mol. The van der Waals surface area contributed by atoms with Gasteiger partial charge in [-0.15, -0.1) is 0 Å². The van der Waals surface area contributed by atoms with E-state index in [1.54, 1.807) is 6.07 Å². The van der Waals surface area contributed by atoms with Crippen LogP contribution >= 0.6 is 0 Å². The summed E-state index contributed by atoms with van der Waals surface area (Å²) in [7, 11) is 0. The van der Waals surface area contributed by atoms with Crippen molar-refractivity contribution in [2.45, 2.75) is 57.8 Å². The Balaban J connectivity index is 2.26. The fourth-order valence-corrected chi connectivity index (χ4v) is 2.88. The second-order valence-electron chi connectivity index (χ2n) is 6.54. The Labute approximate surface area is 120 Å². The standard InChI is InChI=1S/C16H24FNO2/c1-15(2)10-13(16(3,4)20-15)19-14-11(8-9-18)6-5-7-12(14)17/h5-7,13H,8-10,18H2,1-4H3. The number of nitrogens with two attached hydrogens (primary N) is 1. The van der Waals surface area contributed by atoms with E-state index in [4.69, 9.17) is 15.2 Å². The normalized spacial score (nSPS) is 23.8. The third kappa shape index (κ3) is 3.13. The molecule has 2 N–H and O–H groups in total. The van der Waals surface area contributed by atoms with Crippen LogP contribution in [0.15, 0.2) is 18.2 Å². The van der Waals surface area contributed by atoms with Crippen molar-refractivity contribution in [3.05, 3.63) is 29.6 Å². The smallest absolute Gasteiger partial charge is 0.165 e. The molecule has 112 valence electrons. The summed E-state index contributed by atoms with van der Waals surface area (Å²) in [6.07, 6.45) is 1.16. The minimum Gasteiger partial charge on any atom is -0.484 e. The Morgan fingerprint density at radius 3 is 2.60 bits per heavy atom. The molecule has 1 aromatic carbocycles. The summed E-state index contributed by atoms with van der Waals surface area (Å²) < 4.78 is 26.0. The van der Waals surface area contributed by atoms with Gasteiger partial charge in [0, 0.05) is 6.42 Å². The zero-order valence-electron chi connectivity index (χ0n) is 12.7. The van der Waals surface area contributed by atoms with Crippen LogP contribution < -0.4 is 10.5 Å². The van der Waals surface area contributed by atoms with Gasteiger partial charge in [0.1, 0.15) is 11.7 Å². The Morgan fingerprint density at radius 2 is 2.05 bits per heavy atom. The highest BCUT2D eigenvalue weighted by molar-refractivity contribution is 5.35. The summed E-state index contributed by atoms with van der Waals surface area (Å²) in [6.45, 7) is 8.49. The van der Waals surface area contributed by atoms with Crippen LogP contribution in [0.25, 0.3) is 0 Å². The van der Waals surface area contributed by atoms with Crippen molar-refractivity contribution in [1.29, 1.82) is 0 Å². The van der Waals surface area contributed by atoms with E-state index in [2.05, 4.69) is 0 Å². The Hall–Kier alpha value is -1.13. The fraction of sp³-hybridized carbons (Fsp3) is 0.625. The van der Waals surface area contributed by atoms with Crippen molar-refractivity contribution < 1.29 is 13.9 Å². The molecule has 1 saturated heterocycles. The Kier molecular flexibility index (Phi) is 4.07. The predicted octanol–water partition coefficient (Wildman–Crippen LogP) is 3.05. The van der Waals surface area contributed by atoms with E-state index in [1.165, 1.54) is 6.07 Å². The maximum absolute atomic E-state index is 14.1. The van der Waals surface area contributed by atoms with E-state index in [1.807, 2.05) is 33.8 Å². The van der Waals surface area contributed by atoms with Gasteiger partial charge in [-0.3, -0.25) is 0 Å². The summed E-state index contributed by atoms with van der Waals surface area (Å²) >= 11 is 0. The molecule has 1 aliphatic heterocycles. The van der Waals surface area contributed by atoms with E-state index in [9.17, 15) is 4.39 Å². The van der Waals surface area contributed by atoms with Gasteiger partial charge in [-0.05, 0) is 52.3 Å². The first-order chi connectivity index (χ1) is 9.25.